The molecule has 1 saturated heterocycles. The lowest BCUT2D eigenvalue weighted by molar-refractivity contribution is -0.0618. The van der Waals surface area contributed by atoms with E-state index in [-0.39, 0.29) is 35.5 Å². The summed E-state index contributed by atoms with van der Waals surface area (Å²) in [6, 6.07) is 6.77. The molecule has 1 fully saturated rings. The normalized spacial score (nSPS) is 18.0. The van der Waals surface area contributed by atoms with E-state index in [4.69, 9.17) is 21.1 Å². The van der Waals surface area contributed by atoms with E-state index in [1.54, 1.807) is 18.5 Å². The van der Waals surface area contributed by atoms with E-state index in [1.807, 2.05) is 52.8 Å². The van der Waals surface area contributed by atoms with Crippen molar-refractivity contribution in [2.45, 2.75) is 58.4 Å². The molecule has 3 atom stereocenters. The molecule has 0 radical (unpaired) electrons. The molecule has 1 aliphatic rings. The largest absolute Gasteiger partial charge is 0.447 e. The van der Waals surface area contributed by atoms with E-state index in [0.29, 0.717) is 11.8 Å². The highest BCUT2D eigenvalue weighted by atomic mass is 35.5. The summed E-state index contributed by atoms with van der Waals surface area (Å²) in [6.45, 7) is 10.00. The van der Waals surface area contributed by atoms with E-state index < -0.39 is 6.09 Å². The number of ether oxygens (including phenoxy) is 2. The molecule has 0 unspecified atom stereocenters. The fourth-order valence-corrected chi connectivity index (χ4v) is 4.71. The van der Waals surface area contributed by atoms with Crippen LogP contribution < -0.4 is 10.2 Å². The number of amides is 1. The zero-order valence-corrected chi connectivity index (χ0v) is 21.2. The highest BCUT2D eigenvalue weighted by Gasteiger charge is 2.40. The average Bonchev–Trinajstić information content (AvgIpc) is 3.40. The summed E-state index contributed by atoms with van der Waals surface area (Å²) in [4.78, 5) is 32.7. The molecule has 1 aliphatic heterocycles. The van der Waals surface area contributed by atoms with Gasteiger partial charge >= 0.3 is 6.09 Å². The molecular weight excluding hydrogens is 476 g/mol. The van der Waals surface area contributed by atoms with Crippen LogP contribution >= 0.6 is 22.9 Å². The van der Waals surface area contributed by atoms with Crippen LogP contribution in [0.25, 0.3) is 10.7 Å². The van der Waals surface area contributed by atoms with Gasteiger partial charge in [0.2, 0.25) is 5.95 Å². The average molecular weight is 503 g/mol. The molecule has 9 nitrogen and oxygen atoms in total. The van der Waals surface area contributed by atoms with Gasteiger partial charge in [-0.3, -0.25) is 9.88 Å². The Labute approximate surface area is 207 Å². The number of pyridine rings is 1. The van der Waals surface area contributed by atoms with Gasteiger partial charge in [0, 0.05) is 23.3 Å². The summed E-state index contributed by atoms with van der Waals surface area (Å²) in [5, 5.41) is 4.29. The third-order valence-corrected chi connectivity index (χ3v) is 6.49. The highest BCUT2D eigenvalue weighted by Crippen LogP contribution is 2.31. The number of rotatable bonds is 7. The van der Waals surface area contributed by atoms with Crippen molar-refractivity contribution in [2.75, 3.05) is 16.8 Å². The first kappa shape index (κ1) is 24.3. The van der Waals surface area contributed by atoms with Gasteiger partial charge in [-0.05, 0) is 46.8 Å². The van der Waals surface area contributed by atoms with Crippen molar-refractivity contribution in [3.63, 3.8) is 0 Å². The van der Waals surface area contributed by atoms with Crippen LogP contribution in [0, 0.1) is 0 Å². The van der Waals surface area contributed by atoms with E-state index in [2.05, 4.69) is 25.3 Å². The number of nitrogens with one attached hydrogen (secondary N) is 1. The van der Waals surface area contributed by atoms with Crippen LogP contribution in [0.3, 0.4) is 0 Å². The molecule has 0 spiro atoms. The first-order valence-corrected chi connectivity index (χ1v) is 12.1. The maximum Gasteiger partial charge on any atom is 0.416 e. The number of carbonyl (C=O) groups excluding carboxylic acids is 1. The molecule has 180 valence electrons. The Morgan fingerprint density at radius 2 is 2.06 bits per heavy atom. The molecule has 34 heavy (non-hydrogen) atoms. The number of aromatic nitrogens is 4. The van der Waals surface area contributed by atoms with Gasteiger partial charge in [-0.15, -0.1) is 11.3 Å². The van der Waals surface area contributed by atoms with E-state index in [1.165, 1.54) is 16.2 Å². The van der Waals surface area contributed by atoms with Crippen molar-refractivity contribution in [2.24, 2.45) is 0 Å². The van der Waals surface area contributed by atoms with Crippen molar-refractivity contribution >= 4 is 40.8 Å². The van der Waals surface area contributed by atoms with Crippen molar-refractivity contribution in [3.05, 3.63) is 46.7 Å². The number of hydrogen-bond donors (Lipinski definition) is 1. The van der Waals surface area contributed by atoms with E-state index in [0.717, 1.165) is 15.6 Å². The summed E-state index contributed by atoms with van der Waals surface area (Å²) in [5.41, 5.74) is 0.447. The Balaban J connectivity index is 1.54. The maximum atomic E-state index is 12.6. The number of thiazole rings is 1. The van der Waals surface area contributed by atoms with Gasteiger partial charge in [0.05, 0.1) is 23.4 Å². The SMILES string of the molecule is C[C@H](Nc1nc(Cl)cc(N2C(=O)OC[C@@H]2[C@@H](C)OC(C)(C)C)n1)c1cnc(-c2ccccn2)s1. The maximum absolute atomic E-state index is 12.6. The molecule has 1 amide bonds. The van der Waals surface area contributed by atoms with Gasteiger partial charge in [-0.1, -0.05) is 17.7 Å². The van der Waals surface area contributed by atoms with Crippen LogP contribution in [0.2, 0.25) is 5.15 Å². The lowest BCUT2D eigenvalue weighted by Gasteiger charge is -2.31. The first-order valence-electron chi connectivity index (χ1n) is 10.9. The fraction of sp³-hybridized carbons (Fsp3) is 0.435. The number of halogens is 1. The Morgan fingerprint density at radius 1 is 1.26 bits per heavy atom. The minimum absolute atomic E-state index is 0.147. The molecule has 3 aromatic rings. The van der Waals surface area contributed by atoms with Gasteiger partial charge in [0.15, 0.2) is 0 Å². The van der Waals surface area contributed by atoms with Gasteiger partial charge in [-0.2, -0.15) is 4.98 Å². The number of cyclic esters (lactones) is 1. The predicted octanol–water partition coefficient (Wildman–Crippen LogP) is 5.35. The highest BCUT2D eigenvalue weighted by molar-refractivity contribution is 7.15. The molecule has 1 N–H and O–H groups in total. The van der Waals surface area contributed by atoms with E-state index >= 15 is 0 Å². The van der Waals surface area contributed by atoms with Gasteiger partial charge in [-0.25, -0.2) is 14.8 Å². The molecular formula is C23H27ClN6O3S. The van der Waals surface area contributed by atoms with Crippen LogP contribution in [0.15, 0.2) is 36.7 Å². The topological polar surface area (TPSA) is 102 Å². The Morgan fingerprint density at radius 3 is 2.76 bits per heavy atom. The summed E-state index contributed by atoms with van der Waals surface area (Å²) in [7, 11) is 0. The van der Waals surface area contributed by atoms with Crippen molar-refractivity contribution < 1.29 is 14.3 Å². The molecule has 4 heterocycles. The molecule has 3 aromatic heterocycles. The second-order valence-electron chi connectivity index (χ2n) is 8.97. The second kappa shape index (κ2) is 9.81. The monoisotopic (exact) mass is 502 g/mol. The summed E-state index contributed by atoms with van der Waals surface area (Å²) >= 11 is 7.84. The molecule has 4 rings (SSSR count). The number of nitrogens with zero attached hydrogens (tertiary/aromatic N) is 5. The summed E-state index contributed by atoms with van der Waals surface area (Å²) in [5.74, 6) is 0.649. The summed E-state index contributed by atoms with van der Waals surface area (Å²) < 4.78 is 11.4. The fourth-order valence-electron chi connectivity index (χ4n) is 3.63. The third-order valence-electron chi connectivity index (χ3n) is 5.10. The standard InChI is InChI=1S/C23H27ClN6O3S/c1-13(17-11-26-20(34-17)15-8-6-7-9-25-15)27-21-28-18(24)10-19(29-21)30-16(12-32-22(30)31)14(2)33-23(3,4)5/h6-11,13-14,16H,12H2,1-5H3,(H,27,28,29)/t13-,14+,16+/m0/s1. The number of hydrogen-bond acceptors (Lipinski definition) is 9. The number of carbonyl (C=O) groups is 1. The Hall–Kier alpha value is -2.82. The Kier molecular flexibility index (Phi) is 7.01. The predicted molar refractivity (Wildman–Crippen MR) is 132 cm³/mol. The molecule has 11 heteroatoms. The quantitative estimate of drug-likeness (QED) is 0.431. The van der Waals surface area contributed by atoms with Gasteiger partial charge < -0.3 is 14.8 Å². The van der Waals surface area contributed by atoms with Crippen LogP contribution in [0.1, 0.15) is 45.5 Å². The minimum atomic E-state index is -0.495. The molecule has 0 aliphatic carbocycles. The van der Waals surface area contributed by atoms with Crippen LogP contribution in [0.4, 0.5) is 16.6 Å². The van der Waals surface area contributed by atoms with Gasteiger partial charge in [0.25, 0.3) is 0 Å². The lowest BCUT2D eigenvalue weighted by atomic mass is 10.1. The zero-order chi connectivity index (χ0) is 24.5. The van der Waals surface area contributed by atoms with Crippen molar-refractivity contribution in [3.8, 4) is 10.7 Å². The third kappa shape index (κ3) is 5.63. The smallest absolute Gasteiger partial charge is 0.416 e. The van der Waals surface area contributed by atoms with Crippen LogP contribution in [-0.2, 0) is 9.47 Å². The van der Waals surface area contributed by atoms with Crippen LogP contribution in [0.5, 0.6) is 0 Å². The van der Waals surface area contributed by atoms with Crippen molar-refractivity contribution in [1.29, 1.82) is 0 Å². The van der Waals surface area contributed by atoms with E-state index in [9.17, 15) is 4.79 Å². The minimum Gasteiger partial charge on any atom is -0.447 e. The second-order valence-corrected chi connectivity index (χ2v) is 10.4. The Bertz CT molecular complexity index is 1150. The van der Waals surface area contributed by atoms with Crippen molar-refractivity contribution in [1.82, 2.24) is 19.9 Å². The van der Waals surface area contributed by atoms with Gasteiger partial charge in [0.1, 0.15) is 28.6 Å². The summed E-state index contributed by atoms with van der Waals surface area (Å²) in [6.07, 6.45) is 2.77. The molecule has 0 saturated carbocycles. The molecule has 0 aromatic carbocycles. The number of anilines is 2. The van der Waals surface area contributed by atoms with Crippen LogP contribution in [-0.4, -0.2) is 50.4 Å². The molecule has 0 bridgehead atoms. The zero-order valence-electron chi connectivity index (χ0n) is 19.7. The lowest BCUT2D eigenvalue weighted by Crippen LogP contribution is -2.45. The first-order chi connectivity index (χ1) is 16.1.